The van der Waals surface area contributed by atoms with Crippen LogP contribution in [0.3, 0.4) is 0 Å². The standard InChI is InChI=1S/C6H8O/c1-2-6-4-3-5(1)7-6/h1-2,5-6H,3-4H2/t5-,6?/m0/s1. The van der Waals surface area contributed by atoms with Crippen LogP contribution in [-0.4, -0.2) is 12.2 Å². The van der Waals surface area contributed by atoms with Crippen LogP contribution in [0.15, 0.2) is 12.2 Å². The van der Waals surface area contributed by atoms with Crippen LogP contribution in [0, 0.1) is 0 Å². The van der Waals surface area contributed by atoms with E-state index in [0.29, 0.717) is 12.2 Å². The molecule has 1 heteroatoms. The van der Waals surface area contributed by atoms with E-state index in [2.05, 4.69) is 12.2 Å². The second-order valence-corrected chi connectivity index (χ2v) is 2.18. The van der Waals surface area contributed by atoms with Crippen molar-refractivity contribution in [3.05, 3.63) is 12.2 Å². The van der Waals surface area contributed by atoms with E-state index in [0.717, 1.165) is 0 Å². The van der Waals surface area contributed by atoms with Crippen molar-refractivity contribution in [3.63, 3.8) is 0 Å². The van der Waals surface area contributed by atoms with Gasteiger partial charge in [0, 0.05) is 0 Å². The van der Waals surface area contributed by atoms with Crippen molar-refractivity contribution in [1.82, 2.24) is 0 Å². The van der Waals surface area contributed by atoms with E-state index in [1.54, 1.807) is 0 Å². The topological polar surface area (TPSA) is 9.23 Å². The number of ether oxygens (including phenoxy) is 1. The van der Waals surface area contributed by atoms with Gasteiger partial charge in [-0.05, 0) is 12.8 Å². The summed E-state index contributed by atoms with van der Waals surface area (Å²) in [5, 5.41) is 0. The molecule has 0 spiro atoms. The van der Waals surface area contributed by atoms with E-state index >= 15 is 0 Å². The Morgan fingerprint density at radius 3 is 1.86 bits per heavy atom. The Balaban J connectivity index is 2.27. The Hall–Kier alpha value is -0.300. The van der Waals surface area contributed by atoms with Gasteiger partial charge in [-0.15, -0.1) is 0 Å². The minimum Gasteiger partial charge on any atom is -0.367 e. The third-order valence-corrected chi connectivity index (χ3v) is 1.63. The number of rotatable bonds is 0. The molecule has 1 nitrogen and oxygen atoms in total. The summed E-state index contributed by atoms with van der Waals surface area (Å²) in [6.07, 6.45) is 7.81. The average Bonchev–Trinajstić information content (AvgIpc) is 2.22. The quantitative estimate of drug-likeness (QED) is 0.410. The van der Waals surface area contributed by atoms with Crippen LogP contribution in [0.4, 0.5) is 0 Å². The van der Waals surface area contributed by atoms with Gasteiger partial charge in [-0.25, -0.2) is 0 Å². The molecule has 1 fully saturated rings. The van der Waals surface area contributed by atoms with Gasteiger partial charge in [0.05, 0.1) is 12.2 Å². The van der Waals surface area contributed by atoms with E-state index in [1.165, 1.54) is 12.8 Å². The Bertz CT molecular complexity index is 94.7. The van der Waals surface area contributed by atoms with Crippen molar-refractivity contribution in [1.29, 1.82) is 0 Å². The fraction of sp³-hybridized carbons (Fsp3) is 0.667. The van der Waals surface area contributed by atoms with E-state index in [4.69, 9.17) is 4.74 Å². The van der Waals surface area contributed by atoms with Gasteiger partial charge < -0.3 is 4.74 Å². The maximum Gasteiger partial charge on any atom is 0.0765 e. The zero-order chi connectivity index (χ0) is 4.69. The highest BCUT2D eigenvalue weighted by Gasteiger charge is 2.25. The highest BCUT2D eigenvalue weighted by atomic mass is 16.5. The Labute approximate surface area is 43.0 Å². The summed E-state index contributed by atoms with van der Waals surface area (Å²) >= 11 is 0. The first-order chi connectivity index (χ1) is 3.45. The second-order valence-electron chi connectivity index (χ2n) is 2.18. The first-order valence-electron chi connectivity index (χ1n) is 2.79. The fourth-order valence-electron chi connectivity index (χ4n) is 1.22. The second kappa shape index (κ2) is 1.10. The molecule has 0 N–H and O–H groups in total. The minimum absolute atomic E-state index is 0.491. The molecule has 7 heavy (non-hydrogen) atoms. The lowest BCUT2D eigenvalue weighted by atomic mass is 10.1. The van der Waals surface area contributed by atoms with Crippen LogP contribution < -0.4 is 0 Å². The number of hydrogen-bond donors (Lipinski definition) is 0. The first kappa shape index (κ1) is 3.67. The summed E-state index contributed by atoms with van der Waals surface area (Å²) < 4.78 is 5.36. The van der Waals surface area contributed by atoms with Crippen molar-refractivity contribution >= 4 is 0 Å². The summed E-state index contributed by atoms with van der Waals surface area (Å²) in [6.45, 7) is 0. The predicted octanol–water partition coefficient (Wildman–Crippen LogP) is 1.10. The van der Waals surface area contributed by atoms with Gasteiger partial charge in [0.2, 0.25) is 0 Å². The maximum atomic E-state index is 5.36. The van der Waals surface area contributed by atoms with Crippen LogP contribution >= 0.6 is 0 Å². The summed E-state index contributed by atoms with van der Waals surface area (Å²) in [5.41, 5.74) is 0. The van der Waals surface area contributed by atoms with Gasteiger partial charge >= 0.3 is 0 Å². The Kier molecular flexibility index (Phi) is 0.577. The summed E-state index contributed by atoms with van der Waals surface area (Å²) in [7, 11) is 0. The molecule has 2 rings (SSSR count). The molecule has 2 atom stereocenters. The smallest absolute Gasteiger partial charge is 0.0765 e. The zero-order valence-electron chi connectivity index (χ0n) is 4.13. The normalized spacial score (nSPS) is 45.7. The first-order valence-corrected chi connectivity index (χ1v) is 2.79. The maximum absolute atomic E-state index is 5.36. The molecule has 0 aromatic carbocycles. The molecule has 0 amide bonds. The Morgan fingerprint density at radius 2 is 1.71 bits per heavy atom. The van der Waals surface area contributed by atoms with Crippen LogP contribution in [0.1, 0.15) is 12.8 Å². The number of hydrogen-bond acceptors (Lipinski definition) is 1. The van der Waals surface area contributed by atoms with Crippen molar-refractivity contribution in [3.8, 4) is 0 Å². The third kappa shape index (κ3) is 0.416. The molecule has 0 aromatic heterocycles. The third-order valence-electron chi connectivity index (χ3n) is 1.63. The molecule has 0 radical (unpaired) electrons. The molecular formula is C6H8O. The van der Waals surface area contributed by atoms with Gasteiger partial charge in [0.1, 0.15) is 0 Å². The minimum atomic E-state index is 0.491. The van der Waals surface area contributed by atoms with Gasteiger partial charge in [-0.2, -0.15) is 0 Å². The van der Waals surface area contributed by atoms with Gasteiger partial charge in [0.15, 0.2) is 0 Å². The fourth-order valence-corrected chi connectivity index (χ4v) is 1.22. The lowest BCUT2D eigenvalue weighted by molar-refractivity contribution is 0.120. The van der Waals surface area contributed by atoms with Crippen molar-refractivity contribution in [2.75, 3.05) is 0 Å². The average molecular weight is 96.1 g/mol. The van der Waals surface area contributed by atoms with E-state index in [1.807, 2.05) is 0 Å². The van der Waals surface area contributed by atoms with Crippen LogP contribution in [0.2, 0.25) is 0 Å². The zero-order valence-corrected chi connectivity index (χ0v) is 4.13. The monoisotopic (exact) mass is 96.1 g/mol. The molecule has 2 bridgehead atoms. The molecule has 38 valence electrons. The molecule has 1 unspecified atom stereocenters. The van der Waals surface area contributed by atoms with Crippen molar-refractivity contribution in [2.24, 2.45) is 0 Å². The molecule has 2 aliphatic rings. The molecule has 0 aromatic rings. The molecule has 2 aliphatic heterocycles. The predicted molar refractivity (Wildman–Crippen MR) is 27.0 cm³/mol. The van der Waals surface area contributed by atoms with Crippen LogP contribution in [0.5, 0.6) is 0 Å². The van der Waals surface area contributed by atoms with Crippen LogP contribution in [-0.2, 0) is 4.74 Å². The molecule has 0 aliphatic carbocycles. The van der Waals surface area contributed by atoms with Gasteiger partial charge in [-0.3, -0.25) is 0 Å². The van der Waals surface area contributed by atoms with E-state index in [9.17, 15) is 0 Å². The molecule has 1 saturated heterocycles. The largest absolute Gasteiger partial charge is 0.367 e. The number of fused-ring (bicyclic) bond motifs is 2. The summed E-state index contributed by atoms with van der Waals surface area (Å²) in [6, 6.07) is 0. The molecule has 0 saturated carbocycles. The van der Waals surface area contributed by atoms with Gasteiger partial charge in [-0.1, -0.05) is 12.2 Å². The lowest BCUT2D eigenvalue weighted by Crippen LogP contribution is -1.95. The summed E-state index contributed by atoms with van der Waals surface area (Å²) in [4.78, 5) is 0. The van der Waals surface area contributed by atoms with Crippen LogP contribution in [0.25, 0.3) is 0 Å². The highest BCUT2D eigenvalue weighted by molar-refractivity contribution is 5.07. The Morgan fingerprint density at radius 1 is 1.14 bits per heavy atom. The van der Waals surface area contributed by atoms with Gasteiger partial charge in [0.25, 0.3) is 0 Å². The van der Waals surface area contributed by atoms with E-state index < -0.39 is 0 Å². The summed E-state index contributed by atoms with van der Waals surface area (Å²) in [5.74, 6) is 0. The molecule has 2 heterocycles. The lowest BCUT2D eigenvalue weighted by Gasteiger charge is -1.93. The SMILES string of the molecule is C1=C[C@H]2CCC1O2. The molecular weight excluding hydrogens is 88.1 g/mol. The van der Waals surface area contributed by atoms with Crippen molar-refractivity contribution < 1.29 is 4.74 Å². The highest BCUT2D eigenvalue weighted by Crippen LogP contribution is 2.27. The van der Waals surface area contributed by atoms with E-state index in [-0.39, 0.29) is 0 Å². The van der Waals surface area contributed by atoms with Crippen molar-refractivity contribution in [2.45, 2.75) is 25.0 Å².